The lowest BCUT2D eigenvalue weighted by Crippen LogP contribution is -2.36. The molecule has 198 valence electrons. The van der Waals surface area contributed by atoms with Crippen LogP contribution in [0.3, 0.4) is 0 Å². The van der Waals surface area contributed by atoms with Gasteiger partial charge in [0.2, 0.25) is 10.0 Å². The normalized spacial score (nSPS) is 12.1. The molecule has 0 aliphatic heterocycles. The molecule has 0 radical (unpaired) electrons. The molecule has 3 rings (SSSR count). The van der Waals surface area contributed by atoms with Crippen LogP contribution in [0.25, 0.3) is 0 Å². The van der Waals surface area contributed by atoms with Gasteiger partial charge in [0.1, 0.15) is 22.3 Å². The Balaban J connectivity index is 1.79. The molecule has 1 atom stereocenters. The summed E-state index contributed by atoms with van der Waals surface area (Å²) in [6, 6.07) is 12.6. The molecule has 37 heavy (non-hydrogen) atoms. The van der Waals surface area contributed by atoms with Gasteiger partial charge in [-0.2, -0.15) is 0 Å². The van der Waals surface area contributed by atoms with E-state index in [1.807, 2.05) is 4.72 Å². The molecule has 1 heterocycles. The maximum absolute atomic E-state index is 13.3. The van der Waals surface area contributed by atoms with Crippen molar-refractivity contribution in [3.63, 3.8) is 0 Å². The molecular weight excluding hydrogens is 521 g/mol. The fraction of sp³-hybridized carbons (Fsp3) is 0.320. The van der Waals surface area contributed by atoms with E-state index in [-0.39, 0.29) is 24.6 Å². The summed E-state index contributed by atoms with van der Waals surface area (Å²) in [4.78, 5) is 31.8. The lowest BCUT2D eigenvalue weighted by Gasteiger charge is -2.25. The molecule has 0 aliphatic carbocycles. The van der Waals surface area contributed by atoms with Crippen molar-refractivity contribution in [2.24, 2.45) is 0 Å². The number of sulfonamides is 1. The molecule has 1 aromatic heterocycles. The quantitative estimate of drug-likeness (QED) is 0.377. The van der Waals surface area contributed by atoms with Gasteiger partial charge in [-0.3, -0.25) is 9.59 Å². The highest BCUT2D eigenvalue weighted by Gasteiger charge is 2.26. The van der Waals surface area contributed by atoms with Gasteiger partial charge < -0.3 is 14.7 Å². The zero-order valence-electron chi connectivity index (χ0n) is 20.6. The van der Waals surface area contributed by atoms with Crippen LogP contribution in [0, 0.1) is 12.7 Å². The fourth-order valence-corrected chi connectivity index (χ4v) is 4.98. The Hall–Kier alpha value is -3.35. The number of aliphatic hydroxyl groups excluding tert-OH is 1. The number of hydrogen-bond donors (Lipinski definition) is 2. The highest BCUT2D eigenvalue weighted by atomic mass is 32.2. The third-order valence-corrected chi connectivity index (χ3v) is 6.96. The summed E-state index contributed by atoms with van der Waals surface area (Å²) in [6.45, 7) is 1.89. The number of nitrogens with one attached hydrogen (secondary N) is 1. The average molecular weight is 550 g/mol. The molecule has 9 nitrogen and oxygen atoms in total. The van der Waals surface area contributed by atoms with Crippen LogP contribution >= 0.6 is 11.3 Å². The first-order valence-electron chi connectivity index (χ1n) is 11.3. The van der Waals surface area contributed by atoms with Gasteiger partial charge in [0.25, 0.3) is 11.8 Å². The largest absolute Gasteiger partial charge is 0.497 e. The maximum Gasteiger partial charge on any atom is 0.284 e. The molecule has 0 bridgehead atoms. The molecule has 0 saturated carbocycles. The topological polar surface area (TPSA) is 126 Å². The minimum absolute atomic E-state index is 0.00707. The van der Waals surface area contributed by atoms with Gasteiger partial charge in [-0.05, 0) is 55.2 Å². The van der Waals surface area contributed by atoms with E-state index in [0.717, 1.165) is 23.2 Å². The maximum atomic E-state index is 13.3. The lowest BCUT2D eigenvalue weighted by atomic mass is 10.1. The van der Waals surface area contributed by atoms with Crippen molar-refractivity contribution in [1.82, 2.24) is 14.6 Å². The van der Waals surface area contributed by atoms with Crippen molar-refractivity contribution in [2.45, 2.75) is 32.4 Å². The zero-order valence-corrected chi connectivity index (χ0v) is 22.2. The lowest BCUT2D eigenvalue weighted by molar-refractivity contribution is -0.141. The monoisotopic (exact) mass is 549 g/mol. The molecule has 3 aromatic rings. The standard InChI is InChI=1S/C25H28FN3O6S2/c1-16-22(24(31)28-37(3,33)34)27-21(36-16)15-29(14-4-5-17-6-10-19(26)11-7-17)25(32)23(30)18-8-12-20(35-2)13-9-18/h6-13,23,30H,4-5,14-15H2,1-3H3,(H,28,31)/t23-/m1/s1. The van der Waals surface area contributed by atoms with E-state index in [9.17, 15) is 27.5 Å². The van der Waals surface area contributed by atoms with E-state index in [4.69, 9.17) is 4.74 Å². The first-order valence-corrected chi connectivity index (χ1v) is 14.0. The Morgan fingerprint density at radius 3 is 2.41 bits per heavy atom. The van der Waals surface area contributed by atoms with Gasteiger partial charge in [-0.25, -0.2) is 22.5 Å². The van der Waals surface area contributed by atoms with E-state index < -0.39 is 27.9 Å². The van der Waals surface area contributed by atoms with Crippen LogP contribution in [0.5, 0.6) is 5.75 Å². The van der Waals surface area contributed by atoms with E-state index in [0.29, 0.717) is 34.0 Å². The Bertz CT molecular complexity index is 1340. The van der Waals surface area contributed by atoms with Gasteiger partial charge in [-0.1, -0.05) is 24.3 Å². The minimum atomic E-state index is -3.77. The van der Waals surface area contributed by atoms with Crippen molar-refractivity contribution in [1.29, 1.82) is 0 Å². The van der Waals surface area contributed by atoms with E-state index in [1.165, 1.54) is 24.1 Å². The summed E-state index contributed by atoms with van der Waals surface area (Å²) < 4.78 is 43.1. The SMILES string of the molecule is COc1ccc([C@@H](O)C(=O)N(CCCc2ccc(F)cc2)Cc2nc(C(=O)NS(C)(=O)=O)c(C)s2)cc1. The van der Waals surface area contributed by atoms with Gasteiger partial charge in [0.05, 0.1) is 19.9 Å². The minimum Gasteiger partial charge on any atom is -0.497 e. The molecule has 0 aliphatic rings. The third kappa shape index (κ3) is 8.07. The number of carbonyl (C=O) groups is 2. The number of rotatable bonds is 11. The predicted molar refractivity (Wildman–Crippen MR) is 137 cm³/mol. The van der Waals surface area contributed by atoms with Crippen molar-refractivity contribution in [2.75, 3.05) is 19.9 Å². The summed E-state index contributed by atoms with van der Waals surface area (Å²) in [5.41, 5.74) is 1.24. The Morgan fingerprint density at radius 2 is 1.81 bits per heavy atom. The molecule has 2 aromatic carbocycles. The second-order valence-corrected chi connectivity index (χ2v) is 11.4. The highest BCUT2D eigenvalue weighted by Crippen LogP contribution is 2.24. The second-order valence-electron chi connectivity index (χ2n) is 8.38. The van der Waals surface area contributed by atoms with E-state index >= 15 is 0 Å². The number of carbonyl (C=O) groups excluding carboxylic acids is 2. The van der Waals surface area contributed by atoms with Gasteiger partial charge >= 0.3 is 0 Å². The number of thiazole rings is 1. The van der Waals surface area contributed by atoms with Crippen LogP contribution in [0.4, 0.5) is 4.39 Å². The number of amides is 2. The first-order chi connectivity index (χ1) is 17.5. The number of aliphatic hydroxyl groups is 1. The number of ether oxygens (including phenoxy) is 1. The third-order valence-electron chi connectivity index (χ3n) is 5.44. The average Bonchev–Trinajstić information content (AvgIpc) is 3.23. The zero-order chi connectivity index (χ0) is 27.2. The van der Waals surface area contributed by atoms with Gasteiger partial charge in [0.15, 0.2) is 6.10 Å². The summed E-state index contributed by atoms with van der Waals surface area (Å²) in [7, 11) is -2.25. The molecule has 12 heteroatoms. The number of benzene rings is 2. The molecule has 0 saturated heterocycles. The smallest absolute Gasteiger partial charge is 0.284 e. The second kappa shape index (κ2) is 12.3. The van der Waals surface area contributed by atoms with Crippen molar-refractivity contribution in [3.05, 3.63) is 81.1 Å². The summed E-state index contributed by atoms with van der Waals surface area (Å²) in [6.07, 6.45) is 0.529. The number of aromatic nitrogens is 1. The molecule has 2 amide bonds. The number of nitrogens with zero attached hydrogens (tertiary/aromatic N) is 2. The van der Waals surface area contributed by atoms with E-state index in [1.54, 1.807) is 43.3 Å². The Labute approximate surface area is 219 Å². The van der Waals surface area contributed by atoms with Crippen LogP contribution in [0.15, 0.2) is 48.5 Å². The van der Waals surface area contributed by atoms with Gasteiger partial charge in [0, 0.05) is 11.4 Å². The van der Waals surface area contributed by atoms with Crippen molar-refractivity contribution in [3.8, 4) is 5.75 Å². The molecule has 0 fully saturated rings. The van der Waals surface area contributed by atoms with Crippen molar-refractivity contribution >= 4 is 33.2 Å². The van der Waals surface area contributed by atoms with Gasteiger partial charge in [-0.15, -0.1) is 11.3 Å². The number of methoxy groups -OCH3 is 1. The van der Waals surface area contributed by atoms with Crippen molar-refractivity contribution < 1.29 is 32.2 Å². The Kier molecular flexibility index (Phi) is 9.35. The summed E-state index contributed by atoms with van der Waals surface area (Å²) in [5.74, 6) is -1.16. The predicted octanol–water partition coefficient (Wildman–Crippen LogP) is 2.98. The first kappa shape index (κ1) is 28.2. The summed E-state index contributed by atoms with van der Waals surface area (Å²) >= 11 is 1.16. The molecule has 2 N–H and O–H groups in total. The van der Waals surface area contributed by atoms with Crippen LogP contribution in [-0.4, -0.2) is 55.1 Å². The number of hydrogen-bond acceptors (Lipinski definition) is 8. The molecule has 0 spiro atoms. The van der Waals surface area contributed by atoms with Crippen LogP contribution < -0.4 is 9.46 Å². The molecule has 0 unspecified atom stereocenters. The van der Waals surface area contributed by atoms with Crippen LogP contribution in [0.2, 0.25) is 0 Å². The van der Waals surface area contributed by atoms with Crippen LogP contribution in [0.1, 0.15) is 44.0 Å². The molecular formula is C25H28FN3O6S2. The fourth-order valence-electron chi connectivity index (χ4n) is 3.60. The number of aryl methyl sites for hydroxylation is 2. The van der Waals surface area contributed by atoms with E-state index in [2.05, 4.69) is 4.98 Å². The Morgan fingerprint density at radius 1 is 1.16 bits per heavy atom. The van der Waals surface area contributed by atoms with Crippen LogP contribution in [-0.2, 0) is 27.8 Å². The summed E-state index contributed by atoms with van der Waals surface area (Å²) in [5, 5.41) is 11.2. The number of halogens is 1. The highest BCUT2D eigenvalue weighted by molar-refractivity contribution is 7.89.